The van der Waals surface area contributed by atoms with E-state index < -0.39 is 83.5 Å². The largest absolute Gasteiger partial charge is 0.508 e. The number of carbonyl (C=O) groups excluding carboxylic acids is 4. The van der Waals surface area contributed by atoms with Crippen LogP contribution in [0.3, 0.4) is 0 Å². The van der Waals surface area contributed by atoms with Crippen LogP contribution < -0.4 is 37.8 Å². The number of thioether (sulfide) groups is 1. The highest BCUT2D eigenvalue weighted by Crippen LogP contribution is 2.30. The van der Waals surface area contributed by atoms with Crippen molar-refractivity contribution in [2.75, 3.05) is 19.1 Å². The van der Waals surface area contributed by atoms with Crippen LogP contribution in [0.25, 0.3) is 0 Å². The normalized spacial score (nSPS) is 19.7. The SMILES string of the molecule is CSCC[C@H](NC(=O)N[C@@H](Cc1ccc(O)cc1)C(=O)O)C(=O)N[C@H](C(=O)N/C=C1/C[C@@H](O)[C@H](n2ccc(=O)[nH]c2=O)O1)[C@H](C)N(C)C(=O)C1Cc2cc(O)ccc2CN1. The molecule has 0 spiro atoms. The second kappa shape index (κ2) is 20.1. The standard InChI is InChI=1S/C39H48N8O12S/c1-20(46(2)35(54)28-16-23-15-25(49)9-6-22(23)18-40-28)32(34(53)41-19-26-17-30(50)36(59-26)47-12-10-31(51)44-39(47)58)45-33(52)27(11-13-60-3)42-38(57)43-29(37(55)56)14-21-4-7-24(48)8-5-21/h4-10,12,15,19-20,27-30,32,36,40,48-50H,11,13-14,16-18H2,1-3H3,(H,41,53)(H,45,52)(H,55,56)(H2,42,43,57)(H,44,51,58)/b26-19-/t20-,27-,28?,29-,30+,32-,36+/m0/s1. The number of urea groups is 1. The number of amides is 5. The predicted molar refractivity (Wildman–Crippen MR) is 217 cm³/mol. The minimum Gasteiger partial charge on any atom is -0.508 e. The molecule has 0 saturated carbocycles. The van der Waals surface area contributed by atoms with Crippen LogP contribution in [-0.4, -0.2) is 120 Å². The number of aromatic hydroxyl groups is 2. The van der Waals surface area contributed by atoms with Crippen molar-refractivity contribution in [2.45, 2.75) is 81.7 Å². The third kappa shape index (κ3) is 11.4. The Kier molecular flexibility index (Phi) is 15.0. The van der Waals surface area contributed by atoms with Crippen molar-refractivity contribution in [3.8, 4) is 11.5 Å². The zero-order valence-electron chi connectivity index (χ0n) is 32.9. The van der Waals surface area contributed by atoms with Gasteiger partial charge in [0.05, 0.1) is 12.1 Å². The number of nitrogens with one attached hydrogen (secondary N) is 6. The van der Waals surface area contributed by atoms with Gasteiger partial charge in [0.25, 0.3) is 5.56 Å². The van der Waals surface area contributed by atoms with Gasteiger partial charge in [-0.25, -0.2) is 14.4 Å². The number of aliphatic hydroxyl groups is 1. The number of aliphatic carboxylic acids is 1. The van der Waals surface area contributed by atoms with Gasteiger partial charge in [-0.15, -0.1) is 0 Å². The van der Waals surface area contributed by atoms with Crippen LogP contribution in [0.2, 0.25) is 0 Å². The summed E-state index contributed by atoms with van der Waals surface area (Å²) in [5, 5.41) is 53.4. The molecule has 1 fully saturated rings. The number of hydrogen-bond donors (Lipinski definition) is 10. The molecule has 0 bridgehead atoms. The number of carboxylic acids is 1. The van der Waals surface area contributed by atoms with Crippen molar-refractivity contribution in [1.29, 1.82) is 0 Å². The zero-order valence-corrected chi connectivity index (χ0v) is 33.7. The van der Waals surface area contributed by atoms with Crippen LogP contribution in [0.4, 0.5) is 4.79 Å². The lowest BCUT2D eigenvalue weighted by Gasteiger charge is -2.36. The summed E-state index contributed by atoms with van der Waals surface area (Å²) in [6, 6.07) is 4.78. The average Bonchev–Trinajstić information content (AvgIpc) is 3.59. The van der Waals surface area contributed by atoms with E-state index in [1.165, 1.54) is 54.9 Å². The van der Waals surface area contributed by atoms with Gasteiger partial charge in [0, 0.05) is 44.9 Å². The van der Waals surface area contributed by atoms with Gasteiger partial charge in [-0.1, -0.05) is 18.2 Å². The topological polar surface area (TPSA) is 294 Å². The maximum absolute atomic E-state index is 14.0. The first-order valence-electron chi connectivity index (χ1n) is 18.9. The molecule has 21 heteroatoms. The molecule has 322 valence electrons. The number of phenolic OH excluding ortho intramolecular Hbond substituents is 2. The van der Waals surface area contributed by atoms with Crippen molar-refractivity contribution in [3.63, 3.8) is 0 Å². The van der Waals surface area contributed by atoms with Gasteiger partial charge in [-0.3, -0.25) is 28.7 Å². The van der Waals surface area contributed by atoms with E-state index in [4.69, 9.17) is 4.74 Å². The van der Waals surface area contributed by atoms with Crippen molar-refractivity contribution < 1.29 is 49.1 Å². The van der Waals surface area contributed by atoms with Crippen molar-refractivity contribution >= 4 is 41.5 Å². The summed E-state index contributed by atoms with van der Waals surface area (Å²) >= 11 is 1.37. The minimum absolute atomic E-state index is 0.0231. The molecule has 2 aliphatic heterocycles. The molecule has 2 aromatic carbocycles. The summed E-state index contributed by atoms with van der Waals surface area (Å²) in [4.78, 5) is 94.5. The van der Waals surface area contributed by atoms with Crippen LogP contribution in [0.1, 0.15) is 42.7 Å². The molecule has 5 rings (SSSR count). The van der Waals surface area contributed by atoms with Crippen LogP contribution in [0.5, 0.6) is 11.5 Å². The molecule has 0 radical (unpaired) electrons. The number of rotatable bonds is 16. The molecule has 5 amide bonds. The van der Waals surface area contributed by atoms with Crippen molar-refractivity contribution in [1.82, 2.24) is 41.0 Å². The summed E-state index contributed by atoms with van der Waals surface area (Å²) in [6.07, 6.45) is 1.60. The molecular formula is C39H48N8O12S. The van der Waals surface area contributed by atoms with Gasteiger partial charge in [0.15, 0.2) is 0 Å². The van der Waals surface area contributed by atoms with E-state index in [1.807, 2.05) is 0 Å². The number of aliphatic hydroxyl groups excluding tert-OH is 1. The summed E-state index contributed by atoms with van der Waals surface area (Å²) in [6.45, 7) is 1.87. The van der Waals surface area contributed by atoms with E-state index in [-0.39, 0.29) is 42.9 Å². The predicted octanol–water partition coefficient (Wildman–Crippen LogP) is -0.652. The first-order chi connectivity index (χ1) is 28.5. The smallest absolute Gasteiger partial charge is 0.331 e. The van der Waals surface area contributed by atoms with Crippen LogP contribution in [-0.2, 0) is 43.3 Å². The second-order valence-electron chi connectivity index (χ2n) is 14.4. The van der Waals surface area contributed by atoms with Crippen molar-refractivity contribution in [2.24, 2.45) is 0 Å². The molecule has 60 heavy (non-hydrogen) atoms. The summed E-state index contributed by atoms with van der Waals surface area (Å²) in [5.41, 5.74) is 0.695. The maximum Gasteiger partial charge on any atom is 0.331 e. The fourth-order valence-electron chi connectivity index (χ4n) is 6.73. The number of carboxylic acid groups (broad SMARTS) is 1. The summed E-state index contributed by atoms with van der Waals surface area (Å²) in [5.74, 6) is -2.99. The Morgan fingerprint density at radius 1 is 0.967 bits per heavy atom. The number of nitrogens with zero attached hydrogens (tertiary/aromatic N) is 2. The second-order valence-corrected chi connectivity index (χ2v) is 15.4. The molecule has 2 aliphatic rings. The number of phenols is 2. The highest BCUT2D eigenvalue weighted by Gasteiger charge is 2.38. The molecule has 0 aliphatic carbocycles. The van der Waals surface area contributed by atoms with Gasteiger partial charge in [0.2, 0.25) is 23.9 Å². The Bertz CT molecular complexity index is 2210. The monoisotopic (exact) mass is 852 g/mol. The van der Waals surface area contributed by atoms with E-state index >= 15 is 0 Å². The van der Waals surface area contributed by atoms with Gasteiger partial charge in [-0.05, 0) is 72.7 Å². The number of hydrogen-bond acceptors (Lipinski definition) is 13. The van der Waals surface area contributed by atoms with E-state index in [1.54, 1.807) is 24.5 Å². The minimum atomic E-state index is -1.48. The van der Waals surface area contributed by atoms with Gasteiger partial charge in [0.1, 0.15) is 41.5 Å². The number of aromatic amines is 1. The lowest BCUT2D eigenvalue weighted by molar-refractivity contribution is -0.139. The third-order valence-corrected chi connectivity index (χ3v) is 10.8. The van der Waals surface area contributed by atoms with Gasteiger partial charge in [-0.2, -0.15) is 11.8 Å². The first kappa shape index (κ1) is 44.8. The van der Waals surface area contributed by atoms with E-state index in [9.17, 15) is 54.0 Å². The van der Waals surface area contributed by atoms with Gasteiger partial charge >= 0.3 is 17.7 Å². The quantitative estimate of drug-likeness (QED) is 0.0857. The van der Waals surface area contributed by atoms with Gasteiger partial charge < -0.3 is 56.6 Å². The number of ether oxygens (including phenoxy) is 1. The first-order valence-corrected chi connectivity index (χ1v) is 20.3. The summed E-state index contributed by atoms with van der Waals surface area (Å²) in [7, 11) is 1.46. The van der Waals surface area contributed by atoms with Crippen molar-refractivity contribution in [3.05, 3.63) is 104 Å². The number of likely N-dealkylation sites (N-methyl/N-ethyl adjacent to an activating group) is 1. The number of carbonyl (C=O) groups is 5. The Morgan fingerprint density at radius 3 is 2.35 bits per heavy atom. The Morgan fingerprint density at radius 2 is 1.67 bits per heavy atom. The number of benzene rings is 2. The molecule has 3 aromatic rings. The van der Waals surface area contributed by atoms with Crippen LogP contribution in [0.15, 0.2) is 76.3 Å². The number of aromatic nitrogens is 2. The molecule has 1 aromatic heterocycles. The lowest BCUT2D eigenvalue weighted by Crippen LogP contribution is -2.62. The van der Waals surface area contributed by atoms with E-state index in [0.29, 0.717) is 17.9 Å². The molecule has 3 heterocycles. The number of fused-ring (bicyclic) bond motifs is 1. The Balaban J connectivity index is 1.35. The molecule has 20 nitrogen and oxygen atoms in total. The average molecular weight is 853 g/mol. The van der Waals surface area contributed by atoms with Crippen LogP contribution >= 0.6 is 11.8 Å². The Labute approximate surface area is 347 Å². The molecule has 1 saturated heterocycles. The highest BCUT2D eigenvalue weighted by atomic mass is 32.2. The molecular weight excluding hydrogens is 805 g/mol. The third-order valence-electron chi connectivity index (χ3n) is 10.2. The number of H-pyrrole nitrogens is 1. The summed E-state index contributed by atoms with van der Waals surface area (Å²) < 4.78 is 6.70. The maximum atomic E-state index is 14.0. The molecule has 7 atom stereocenters. The zero-order chi connectivity index (χ0) is 43.7. The lowest BCUT2D eigenvalue weighted by atomic mass is 9.94. The fraction of sp³-hybridized carbons (Fsp3) is 0.410. The van der Waals surface area contributed by atoms with E-state index in [2.05, 4.69) is 31.6 Å². The highest BCUT2D eigenvalue weighted by molar-refractivity contribution is 7.98. The molecule has 10 N–H and O–H groups in total. The van der Waals surface area contributed by atoms with Crippen LogP contribution in [0, 0.1) is 0 Å². The fourth-order valence-corrected chi connectivity index (χ4v) is 7.20. The molecule has 1 unspecified atom stereocenters. The Hall–Kier alpha value is -6.32. The van der Waals surface area contributed by atoms with E-state index in [0.717, 1.165) is 34.2 Å².